The molecule has 0 aliphatic heterocycles. The Bertz CT molecular complexity index is 471. The van der Waals surface area contributed by atoms with Gasteiger partial charge in [0.2, 0.25) is 0 Å². The van der Waals surface area contributed by atoms with E-state index in [2.05, 4.69) is 4.72 Å². The van der Waals surface area contributed by atoms with Gasteiger partial charge in [0.05, 0.1) is 18.5 Å². The highest BCUT2D eigenvalue weighted by Gasteiger charge is 2.13. The molecule has 1 rings (SSSR count). The van der Waals surface area contributed by atoms with Crippen LogP contribution in [0.5, 0.6) is 5.75 Å². The fraction of sp³-hybridized carbons (Fsp3) is 0.333. The first-order valence-electron chi connectivity index (χ1n) is 4.50. The van der Waals surface area contributed by atoms with E-state index in [0.29, 0.717) is 17.1 Å². The van der Waals surface area contributed by atoms with Gasteiger partial charge in [-0.15, -0.1) is 0 Å². The van der Waals surface area contributed by atoms with E-state index in [1.54, 1.807) is 12.1 Å². The molecule has 0 spiro atoms. The minimum atomic E-state index is -3.50. The Morgan fingerprint density at radius 2 is 2.00 bits per heavy atom. The summed E-state index contributed by atoms with van der Waals surface area (Å²) >= 11 is 0. The van der Waals surface area contributed by atoms with E-state index >= 15 is 0 Å². The number of rotatable bonds is 4. The summed E-state index contributed by atoms with van der Waals surface area (Å²) in [5.74, 6) is 0.430. The summed E-state index contributed by atoms with van der Waals surface area (Å²) in [6, 6.07) is 4.67. The smallest absolute Gasteiger partial charge is 0.301 e. The van der Waals surface area contributed by atoms with Crippen molar-refractivity contribution in [2.24, 2.45) is 0 Å². The van der Waals surface area contributed by atoms with E-state index in [1.807, 2.05) is 0 Å². The van der Waals surface area contributed by atoms with Gasteiger partial charge in [0.15, 0.2) is 0 Å². The molecule has 0 unspecified atom stereocenters. The minimum Gasteiger partial charge on any atom is -0.495 e. The largest absolute Gasteiger partial charge is 0.495 e. The molecular weight excluding hydrogens is 230 g/mol. The van der Waals surface area contributed by atoms with Crippen LogP contribution in [0, 0.1) is 0 Å². The zero-order valence-electron chi connectivity index (χ0n) is 9.39. The molecule has 16 heavy (non-hydrogen) atoms. The zero-order chi connectivity index (χ0) is 12.3. The molecule has 0 bridgehead atoms. The number of nitrogens with one attached hydrogen (secondary N) is 1. The molecule has 1 aromatic carbocycles. The second kappa shape index (κ2) is 4.58. The van der Waals surface area contributed by atoms with Crippen LogP contribution in [0.25, 0.3) is 0 Å². The van der Waals surface area contributed by atoms with Crippen molar-refractivity contribution in [1.29, 1.82) is 0 Å². The van der Waals surface area contributed by atoms with Crippen LogP contribution < -0.4 is 15.2 Å². The Morgan fingerprint density at radius 3 is 2.50 bits per heavy atom. The third-order valence-corrected chi connectivity index (χ3v) is 3.42. The summed E-state index contributed by atoms with van der Waals surface area (Å²) in [5, 5.41) is 0. The SMILES string of the molecule is COc1cc(NS(=O)(=O)N(C)C)ccc1N. The fourth-order valence-corrected chi connectivity index (χ4v) is 1.62. The maximum absolute atomic E-state index is 11.5. The first kappa shape index (κ1) is 12.6. The van der Waals surface area contributed by atoms with Crippen LogP contribution in [-0.2, 0) is 10.2 Å². The summed E-state index contributed by atoms with van der Waals surface area (Å²) in [6.07, 6.45) is 0. The molecule has 3 N–H and O–H groups in total. The van der Waals surface area contributed by atoms with E-state index in [1.165, 1.54) is 27.3 Å². The Morgan fingerprint density at radius 1 is 1.38 bits per heavy atom. The number of methoxy groups -OCH3 is 1. The number of hydrogen-bond donors (Lipinski definition) is 2. The van der Waals surface area contributed by atoms with E-state index in [9.17, 15) is 8.42 Å². The lowest BCUT2D eigenvalue weighted by atomic mass is 10.3. The minimum absolute atomic E-state index is 0.403. The summed E-state index contributed by atoms with van der Waals surface area (Å²) in [7, 11) is 0.849. The lowest BCUT2D eigenvalue weighted by Gasteiger charge is -2.14. The molecule has 0 aromatic heterocycles. The Labute approximate surface area is 95.2 Å². The molecule has 90 valence electrons. The molecule has 0 amide bonds. The molecule has 0 aliphatic carbocycles. The average Bonchev–Trinajstić information content (AvgIpc) is 2.20. The first-order valence-corrected chi connectivity index (χ1v) is 5.94. The molecule has 0 fully saturated rings. The number of nitrogen functional groups attached to an aromatic ring is 1. The molecule has 1 aromatic rings. The number of hydrogen-bond acceptors (Lipinski definition) is 4. The predicted octanol–water partition coefficient (Wildman–Crippen LogP) is 0.496. The van der Waals surface area contributed by atoms with E-state index in [4.69, 9.17) is 10.5 Å². The monoisotopic (exact) mass is 245 g/mol. The maximum Gasteiger partial charge on any atom is 0.301 e. The van der Waals surface area contributed by atoms with Crippen LogP contribution in [-0.4, -0.2) is 33.9 Å². The Kier molecular flexibility index (Phi) is 3.61. The third-order valence-electron chi connectivity index (χ3n) is 1.96. The predicted molar refractivity (Wildman–Crippen MR) is 63.6 cm³/mol. The van der Waals surface area contributed by atoms with Crippen LogP contribution in [0.3, 0.4) is 0 Å². The van der Waals surface area contributed by atoms with Crippen molar-refractivity contribution in [2.75, 3.05) is 31.7 Å². The Hall–Kier alpha value is -1.47. The summed E-state index contributed by atoms with van der Waals surface area (Å²) in [4.78, 5) is 0. The highest BCUT2D eigenvalue weighted by molar-refractivity contribution is 7.90. The van der Waals surface area contributed by atoms with Gasteiger partial charge in [-0.3, -0.25) is 4.72 Å². The van der Waals surface area contributed by atoms with Crippen molar-refractivity contribution in [3.05, 3.63) is 18.2 Å². The topological polar surface area (TPSA) is 84.7 Å². The highest BCUT2D eigenvalue weighted by Crippen LogP contribution is 2.25. The van der Waals surface area contributed by atoms with Crippen LogP contribution in [0.4, 0.5) is 11.4 Å². The fourth-order valence-electron chi connectivity index (χ4n) is 1.01. The molecule has 0 saturated heterocycles. The number of nitrogens with zero attached hydrogens (tertiary/aromatic N) is 1. The second-order valence-electron chi connectivity index (χ2n) is 3.35. The van der Waals surface area contributed by atoms with Gasteiger partial charge in [0.1, 0.15) is 5.75 Å². The molecule has 0 atom stereocenters. The Balaban J connectivity index is 2.99. The van der Waals surface area contributed by atoms with Crippen LogP contribution in [0.15, 0.2) is 18.2 Å². The molecule has 0 saturated carbocycles. The summed E-state index contributed by atoms with van der Waals surface area (Å²) in [5.41, 5.74) is 6.47. The number of nitrogens with two attached hydrogens (primary N) is 1. The van der Waals surface area contributed by atoms with Crippen LogP contribution >= 0.6 is 0 Å². The third kappa shape index (κ3) is 2.77. The van der Waals surface area contributed by atoms with Crippen molar-refractivity contribution in [3.63, 3.8) is 0 Å². The lowest BCUT2D eigenvalue weighted by molar-refractivity contribution is 0.417. The van der Waals surface area contributed by atoms with Crippen molar-refractivity contribution in [1.82, 2.24) is 4.31 Å². The van der Waals surface area contributed by atoms with Gasteiger partial charge in [-0.1, -0.05) is 0 Å². The van der Waals surface area contributed by atoms with Gasteiger partial charge < -0.3 is 10.5 Å². The number of anilines is 2. The standard InChI is InChI=1S/C9H15N3O3S/c1-12(2)16(13,14)11-7-4-5-8(10)9(6-7)15-3/h4-6,11H,10H2,1-3H3. The molecule has 0 aliphatic rings. The molecule has 0 radical (unpaired) electrons. The van der Waals surface area contributed by atoms with Crippen molar-refractivity contribution in [2.45, 2.75) is 0 Å². The van der Waals surface area contributed by atoms with Crippen LogP contribution in [0.2, 0.25) is 0 Å². The van der Waals surface area contributed by atoms with Crippen molar-refractivity contribution >= 4 is 21.6 Å². The summed E-state index contributed by atoms with van der Waals surface area (Å²) < 4.78 is 31.5. The van der Waals surface area contributed by atoms with E-state index in [-0.39, 0.29) is 0 Å². The highest BCUT2D eigenvalue weighted by atomic mass is 32.2. The van der Waals surface area contributed by atoms with Crippen molar-refractivity contribution in [3.8, 4) is 5.75 Å². The van der Waals surface area contributed by atoms with Gasteiger partial charge in [-0.05, 0) is 12.1 Å². The van der Waals surface area contributed by atoms with Gasteiger partial charge in [-0.25, -0.2) is 0 Å². The molecule has 7 heteroatoms. The number of benzene rings is 1. The normalized spacial score (nSPS) is 11.5. The van der Waals surface area contributed by atoms with Crippen molar-refractivity contribution < 1.29 is 13.2 Å². The lowest BCUT2D eigenvalue weighted by Crippen LogP contribution is -2.28. The van der Waals surface area contributed by atoms with Gasteiger partial charge in [0.25, 0.3) is 0 Å². The molecular formula is C9H15N3O3S. The maximum atomic E-state index is 11.5. The zero-order valence-corrected chi connectivity index (χ0v) is 10.2. The van der Waals surface area contributed by atoms with E-state index < -0.39 is 10.2 Å². The number of ether oxygens (including phenoxy) is 1. The van der Waals surface area contributed by atoms with Crippen LogP contribution in [0.1, 0.15) is 0 Å². The average molecular weight is 245 g/mol. The molecule has 6 nitrogen and oxygen atoms in total. The second-order valence-corrected chi connectivity index (χ2v) is 5.23. The van der Waals surface area contributed by atoms with E-state index in [0.717, 1.165) is 4.31 Å². The van der Waals surface area contributed by atoms with Gasteiger partial charge in [0, 0.05) is 20.2 Å². The van der Waals surface area contributed by atoms with Gasteiger partial charge >= 0.3 is 10.2 Å². The summed E-state index contributed by atoms with van der Waals surface area (Å²) in [6.45, 7) is 0. The first-order chi connectivity index (χ1) is 7.36. The van der Waals surface area contributed by atoms with Gasteiger partial charge in [-0.2, -0.15) is 12.7 Å². The quantitative estimate of drug-likeness (QED) is 0.756. The molecule has 0 heterocycles.